The summed E-state index contributed by atoms with van der Waals surface area (Å²) < 4.78 is -0.567. The van der Waals surface area contributed by atoms with Crippen LogP contribution in [0.4, 0.5) is 0 Å². The Morgan fingerprint density at radius 2 is 2.12 bits per heavy atom. The number of carbonyl (C=O) groups excluding carboxylic acids is 2. The van der Waals surface area contributed by atoms with Gasteiger partial charge in [-0.25, -0.2) is 0 Å². The molecule has 0 aromatic rings. The number of thioether (sulfide) groups is 1. The van der Waals surface area contributed by atoms with Crippen molar-refractivity contribution >= 4 is 23.6 Å². The van der Waals surface area contributed by atoms with Crippen LogP contribution in [0.5, 0.6) is 0 Å². The second kappa shape index (κ2) is 4.74. The van der Waals surface area contributed by atoms with E-state index in [4.69, 9.17) is 0 Å². The van der Waals surface area contributed by atoms with Gasteiger partial charge in [-0.1, -0.05) is 0 Å². The molecule has 2 saturated heterocycles. The third-order valence-electron chi connectivity index (χ3n) is 3.23. The molecule has 0 bridgehead atoms. The molecule has 0 aliphatic carbocycles. The van der Waals surface area contributed by atoms with Crippen molar-refractivity contribution in [3.63, 3.8) is 0 Å². The molecule has 5 nitrogen and oxygen atoms in total. The van der Waals surface area contributed by atoms with Gasteiger partial charge in [0.05, 0.1) is 29.4 Å². The molecule has 1 amide bonds. The topological polar surface area (TPSA) is 80.7 Å². The fraction of sp³-hybridized carbons (Fsp3) is 0.800. The first-order valence-corrected chi connectivity index (χ1v) is 6.04. The number of fused-ring (bicyclic) bond motifs is 1. The molecule has 0 spiro atoms. The third-order valence-corrected chi connectivity index (χ3v) is 4.82. The number of hydrogen-bond donors (Lipinski definition) is 1. The summed E-state index contributed by atoms with van der Waals surface area (Å²) in [5.41, 5.74) is 0. The summed E-state index contributed by atoms with van der Waals surface area (Å²) in [7, 11) is 0. The largest absolute Gasteiger partial charge is 1.00 e. The molecule has 2 heterocycles. The summed E-state index contributed by atoms with van der Waals surface area (Å²) >= 11 is 1.42. The molecule has 2 aliphatic heterocycles. The van der Waals surface area contributed by atoms with Crippen molar-refractivity contribution in [2.24, 2.45) is 5.92 Å². The van der Waals surface area contributed by atoms with E-state index in [9.17, 15) is 19.8 Å². The summed E-state index contributed by atoms with van der Waals surface area (Å²) in [6.45, 7) is 5.12. The summed E-state index contributed by atoms with van der Waals surface area (Å²) in [5, 5.41) is 20.3. The Balaban J connectivity index is 0.00000144. The van der Waals surface area contributed by atoms with Gasteiger partial charge in [0.1, 0.15) is 0 Å². The van der Waals surface area contributed by atoms with Crippen molar-refractivity contribution < 1.29 is 49.4 Å². The number of aliphatic carboxylic acids is 1. The number of carboxylic acids is 1. The molecule has 7 heteroatoms. The molecule has 0 aromatic heterocycles. The predicted molar refractivity (Wildman–Crippen MR) is 56.3 cm³/mol. The van der Waals surface area contributed by atoms with Gasteiger partial charge in [-0.15, -0.1) is 11.8 Å². The maximum Gasteiger partial charge on any atom is 1.00 e. The van der Waals surface area contributed by atoms with E-state index in [0.29, 0.717) is 0 Å². The molecule has 1 unspecified atom stereocenters. The monoisotopic (exact) mass is 267 g/mol. The van der Waals surface area contributed by atoms with E-state index in [1.807, 2.05) is 0 Å². The zero-order valence-electron chi connectivity index (χ0n) is 10.3. The zero-order chi connectivity index (χ0) is 12.2. The van der Waals surface area contributed by atoms with Crippen LogP contribution < -0.4 is 34.7 Å². The van der Waals surface area contributed by atoms with Crippen molar-refractivity contribution in [2.45, 2.75) is 43.0 Å². The van der Waals surface area contributed by atoms with Gasteiger partial charge in [0, 0.05) is 4.75 Å². The van der Waals surface area contributed by atoms with Crippen LogP contribution in [-0.2, 0) is 9.59 Å². The first-order chi connectivity index (χ1) is 7.27. The van der Waals surface area contributed by atoms with Crippen LogP contribution in [0.15, 0.2) is 0 Å². The molecule has 1 N–H and O–H groups in total. The van der Waals surface area contributed by atoms with Crippen LogP contribution in [-0.4, -0.2) is 44.1 Å². The molecular weight excluding hydrogens is 253 g/mol. The van der Waals surface area contributed by atoms with Crippen LogP contribution in [0.2, 0.25) is 0 Å². The van der Waals surface area contributed by atoms with Crippen LogP contribution >= 0.6 is 11.8 Å². The molecule has 90 valence electrons. The van der Waals surface area contributed by atoms with Gasteiger partial charge in [-0.05, 0) is 20.8 Å². The van der Waals surface area contributed by atoms with E-state index in [1.54, 1.807) is 20.8 Å². The molecule has 2 fully saturated rings. The summed E-state index contributed by atoms with van der Waals surface area (Å²) in [4.78, 5) is 24.1. The number of nitrogens with zero attached hydrogens (tertiary/aromatic N) is 1. The number of hydrogen-bond acceptors (Lipinski definition) is 5. The Hall–Kier alpha value is 0.250. The fourth-order valence-electron chi connectivity index (χ4n) is 2.47. The van der Waals surface area contributed by atoms with Gasteiger partial charge < -0.3 is 19.9 Å². The first-order valence-electron chi connectivity index (χ1n) is 5.16. The number of carbonyl (C=O) groups is 2. The second-order valence-corrected chi connectivity index (χ2v) is 6.62. The molecule has 0 radical (unpaired) electrons. The maximum absolute atomic E-state index is 11.7. The number of carboxylic acid groups (broad SMARTS) is 1. The van der Waals surface area contributed by atoms with E-state index in [2.05, 4.69) is 0 Å². The Kier molecular flexibility index (Phi) is 4.26. The number of rotatable bonds is 2. The van der Waals surface area contributed by atoms with Gasteiger partial charge in [0.25, 0.3) is 0 Å². The van der Waals surface area contributed by atoms with Crippen molar-refractivity contribution in [1.82, 2.24) is 4.90 Å². The van der Waals surface area contributed by atoms with Crippen molar-refractivity contribution in [1.29, 1.82) is 0 Å². The first kappa shape index (κ1) is 15.3. The van der Waals surface area contributed by atoms with Crippen LogP contribution in [0, 0.1) is 5.92 Å². The molecular formula is C10H14NNaO4S. The van der Waals surface area contributed by atoms with E-state index >= 15 is 0 Å². The summed E-state index contributed by atoms with van der Waals surface area (Å²) in [6.07, 6.45) is -0.738. The third kappa shape index (κ3) is 2.14. The van der Waals surface area contributed by atoms with E-state index in [1.165, 1.54) is 16.7 Å². The number of amides is 1. The maximum atomic E-state index is 11.7. The van der Waals surface area contributed by atoms with Crippen molar-refractivity contribution in [3.8, 4) is 0 Å². The molecule has 2 aliphatic rings. The Morgan fingerprint density at radius 1 is 1.59 bits per heavy atom. The molecule has 17 heavy (non-hydrogen) atoms. The Labute approximate surface area is 126 Å². The molecule has 0 aromatic carbocycles. The number of aliphatic hydroxyl groups excluding tert-OH is 1. The molecule has 0 saturated carbocycles. The quantitative estimate of drug-likeness (QED) is 0.405. The van der Waals surface area contributed by atoms with Crippen LogP contribution in [0.1, 0.15) is 20.8 Å². The Morgan fingerprint density at radius 3 is 2.53 bits per heavy atom. The van der Waals surface area contributed by atoms with Crippen LogP contribution in [0.25, 0.3) is 0 Å². The summed E-state index contributed by atoms with van der Waals surface area (Å²) in [6, 6.07) is -0.898. The van der Waals surface area contributed by atoms with Gasteiger partial charge >= 0.3 is 29.6 Å². The fourth-order valence-corrected chi connectivity index (χ4v) is 4.26. The van der Waals surface area contributed by atoms with E-state index < -0.39 is 28.8 Å². The predicted octanol–water partition coefficient (Wildman–Crippen LogP) is -4.20. The average molecular weight is 267 g/mol. The minimum atomic E-state index is -1.22. The van der Waals surface area contributed by atoms with Gasteiger partial charge in [-0.3, -0.25) is 4.79 Å². The Bertz CT molecular complexity index is 360. The molecule has 4 atom stereocenters. The minimum absolute atomic E-state index is 0. The average Bonchev–Trinajstić information content (AvgIpc) is 2.33. The zero-order valence-corrected chi connectivity index (χ0v) is 13.2. The van der Waals surface area contributed by atoms with E-state index in [0.717, 1.165) is 0 Å². The standard InChI is InChI=1S/C10H15NO4S.Na/c1-4(12)5-7(13)11-6(9(14)15)10(2,3)16-8(5)11;/h4-6,8,12H,1-3H3,(H,14,15);/q;+1/p-1/t4?,5-,6+,8-;/m1./s1. The smallest absolute Gasteiger partial charge is 0.548 e. The van der Waals surface area contributed by atoms with Crippen LogP contribution in [0.3, 0.4) is 0 Å². The SMILES string of the molecule is CC(O)[C@@H]1C(=O)N2[C@@H]1SC(C)(C)[C@@H]2C(=O)[O-].[Na+]. The van der Waals surface area contributed by atoms with Gasteiger partial charge in [-0.2, -0.15) is 0 Å². The van der Waals surface area contributed by atoms with Crippen molar-refractivity contribution in [2.75, 3.05) is 0 Å². The minimum Gasteiger partial charge on any atom is -0.548 e. The molecule has 2 rings (SSSR count). The van der Waals surface area contributed by atoms with E-state index in [-0.39, 0.29) is 40.8 Å². The number of β-lactam (4-membered cyclic amide) rings is 1. The summed E-state index contributed by atoms with van der Waals surface area (Å²) in [5.74, 6) is -1.99. The number of aliphatic hydroxyl groups is 1. The van der Waals surface area contributed by atoms with Gasteiger partial charge in [0.15, 0.2) is 0 Å². The normalized spacial score (nSPS) is 35.6. The second-order valence-electron chi connectivity index (χ2n) is 4.85. The van der Waals surface area contributed by atoms with Crippen molar-refractivity contribution in [3.05, 3.63) is 0 Å². The van der Waals surface area contributed by atoms with Gasteiger partial charge in [0.2, 0.25) is 5.91 Å².